The fraction of sp³-hybridized carbons (Fsp3) is 1.00. The molecule has 0 saturated heterocycles. The smallest absolute Gasteiger partial charge is 0.216 e. The molecule has 0 amide bonds. The maximum absolute atomic E-state index is 11.1. The van der Waals surface area contributed by atoms with Crippen molar-refractivity contribution in [3.05, 3.63) is 0 Å². The summed E-state index contributed by atoms with van der Waals surface area (Å²) < 4.78 is 26.4. The van der Waals surface area contributed by atoms with Crippen molar-refractivity contribution in [2.45, 2.75) is 32.4 Å². The van der Waals surface area contributed by atoms with Crippen LogP contribution in [0.2, 0.25) is 0 Å². The summed E-state index contributed by atoms with van der Waals surface area (Å²) in [5.74, 6) is 0. The highest BCUT2D eigenvalue weighted by molar-refractivity contribution is 7.90. The predicted molar refractivity (Wildman–Crippen MR) is 58.9 cm³/mol. The molecule has 0 saturated carbocycles. The van der Waals surface area contributed by atoms with E-state index in [9.17, 15) is 8.42 Å². The van der Waals surface area contributed by atoms with Crippen LogP contribution in [0.5, 0.6) is 0 Å². The second-order valence-corrected chi connectivity index (χ2v) is 7.32. The maximum atomic E-state index is 11.1. The van der Waals surface area contributed by atoms with Crippen LogP contribution in [0, 0.1) is 5.41 Å². The fourth-order valence-electron chi connectivity index (χ4n) is 0.701. The minimum absolute atomic E-state index is 0.0111. The quantitative estimate of drug-likeness (QED) is 0.687. The van der Waals surface area contributed by atoms with E-state index in [0.29, 0.717) is 6.61 Å². The van der Waals surface area contributed by atoms with Crippen molar-refractivity contribution in [1.29, 1.82) is 0 Å². The summed E-state index contributed by atoms with van der Waals surface area (Å²) in [6.45, 7) is 6.98. The Labute approximate surface area is 91.7 Å². The number of ether oxygens (including phenoxy) is 1. The van der Waals surface area contributed by atoms with Gasteiger partial charge in [-0.15, -0.1) is 0 Å². The summed E-state index contributed by atoms with van der Waals surface area (Å²) in [5, 5.41) is 14.0. The lowest BCUT2D eigenvalue weighted by Gasteiger charge is -2.26. The lowest BCUT2D eigenvalue weighted by molar-refractivity contribution is 0.0208. The highest BCUT2D eigenvalue weighted by Gasteiger charge is 2.32. The highest BCUT2D eigenvalue weighted by atomic mass is 32.2. The first-order chi connectivity index (χ1) is 6.52. The Morgan fingerprint density at radius 3 is 2.00 bits per heavy atom. The number of sulfonamides is 1. The number of aliphatic hydroxyl groups excluding tert-OH is 1. The standard InChI is InChI=1S/C9H21NO4S/c1-8(2,5-11)6-14-7-9(3,4)15(10,12)13/h11H,5-7H2,1-4H3,(H2,10,12,13). The minimum atomic E-state index is -3.61. The summed E-state index contributed by atoms with van der Waals surface area (Å²) in [6.07, 6.45) is 0. The second kappa shape index (κ2) is 4.78. The van der Waals surface area contributed by atoms with Gasteiger partial charge in [-0.05, 0) is 13.8 Å². The molecule has 0 aromatic rings. The zero-order chi connectivity index (χ0) is 12.3. The van der Waals surface area contributed by atoms with Gasteiger partial charge in [0.15, 0.2) is 0 Å². The molecular weight excluding hydrogens is 218 g/mol. The first-order valence-corrected chi connectivity index (χ1v) is 6.27. The van der Waals surface area contributed by atoms with Gasteiger partial charge < -0.3 is 9.84 Å². The lowest BCUT2D eigenvalue weighted by Crippen LogP contribution is -2.42. The van der Waals surface area contributed by atoms with Gasteiger partial charge in [-0.25, -0.2) is 13.6 Å². The Kier molecular flexibility index (Phi) is 4.72. The van der Waals surface area contributed by atoms with Crippen LogP contribution in [0.4, 0.5) is 0 Å². The first kappa shape index (κ1) is 14.8. The van der Waals surface area contributed by atoms with Crippen molar-refractivity contribution in [2.24, 2.45) is 10.6 Å². The molecule has 0 fully saturated rings. The third-order valence-electron chi connectivity index (χ3n) is 2.14. The zero-order valence-corrected chi connectivity index (χ0v) is 10.6. The van der Waals surface area contributed by atoms with Crippen LogP contribution in [0.3, 0.4) is 0 Å². The molecule has 0 rings (SSSR count). The van der Waals surface area contributed by atoms with Crippen LogP contribution in [0.1, 0.15) is 27.7 Å². The number of rotatable bonds is 6. The van der Waals surface area contributed by atoms with Crippen molar-refractivity contribution in [2.75, 3.05) is 19.8 Å². The van der Waals surface area contributed by atoms with Gasteiger partial charge in [0.1, 0.15) is 4.75 Å². The summed E-state index contributed by atoms with van der Waals surface area (Å²) in [6, 6.07) is 0. The number of nitrogens with two attached hydrogens (primary N) is 1. The Morgan fingerprint density at radius 1 is 1.20 bits per heavy atom. The number of aliphatic hydroxyl groups is 1. The van der Waals surface area contributed by atoms with Gasteiger partial charge >= 0.3 is 0 Å². The normalized spacial score (nSPS) is 14.3. The van der Waals surface area contributed by atoms with Crippen LogP contribution >= 0.6 is 0 Å². The summed E-state index contributed by atoms with van der Waals surface area (Å²) in [4.78, 5) is 0. The monoisotopic (exact) mass is 239 g/mol. The second-order valence-electron chi connectivity index (χ2n) is 5.12. The average Bonchev–Trinajstić information content (AvgIpc) is 2.01. The van der Waals surface area contributed by atoms with E-state index in [4.69, 9.17) is 15.0 Å². The molecule has 0 aromatic carbocycles. The molecule has 6 heteroatoms. The van der Waals surface area contributed by atoms with Crippen LogP contribution in [0.15, 0.2) is 0 Å². The number of hydrogen-bond donors (Lipinski definition) is 2. The SMILES string of the molecule is CC(C)(CO)COCC(C)(C)S(N)(=O)=O. The van der Waals surface area contributed by atoms with Crippen LogP contribution in [-0.4, -0.2) is 38.1 Å². The van der Waals surface area contributed by atoms with E-state index >= 15 is 0 Å². The van der Waals surface area contributed by atoms with E-state index in [1.807, 2.05) is 13.8 Å². The van der Waals surface area contributed by atoms with E-state index in [1.165, 1.54) is 13.8 Å². The van der Waals surface area contributed by atoms with Gasteiger partial charge in [-0.1, -0.05) is 13.8 Å². The number of primary sulfonamides is 1. The molecule has 0 aliphatic carbocycles. The third-order valence-corrected chi connectivity index (χ3v) is 3.80. The first-order valence-electron chi connectivity index (χ1n) is 4.73. The summed E-state index contributed by atoms with van der Waals surface area (Å²) >= 11 is 0. The molecule has 0 aliphatic heterocycles. The average molecular weight is 239 g/mol. The highest BCUT2D eigenvalue weighted by Crippen LogP contribution is 2.17. The summed E-state index contributed by atoms with van der Waals surface area (Å²) in [5.41, 5.74) is -0.367. The van der Waals surface area contributed by atoms with Crippen LogP contribution < -0.4 is 5.14 Å². The molecule has 0 aromatic heterocycles. The van der Waals surface area contributed by atoms with Crippen molar-refractivity contribution >= 4 is 10.0 Å². The Morgan fingerprint density at radius 2 is 1.67 bits per heavy atom. The molecule has 0 radical (unpaired) electrons. The van der Waals surface area contributed by atoms with Crippen molar-refractivity contribution in [1.82, 2.24) is 0 Å². The molecule has 0 atom stereocenters. The van der Waals surface area contributed by atoms with Gasteiger partial charge in [-0.2, -0.15) is 0 Å². The van der Waals surface area contributed by atoms with Gasteiger partial charge in [0.05, 0.1) is 19.8 Å². The van der Waals surface area contributed by atoms with E-state index in [2.05, 4.69) is 0 Å². The van der Waals surface area contributed by atoms with Crippen LogP contribution in [-0.2, 0) is 14.8 Å². The van der Waals surface area contributed by atoms with Gasteiger partial charge in [0, 0.05) is 5.41 Å². The molecular formula is C9H21NO4S. The minimum Gasteiger partial charge on any atom is -0.396 e. The maximum Gasteiger partial charge on any atom is 0.216 e. The molecule has 0 bridgehead atoms. The zero-order valence-electron chi connectivity index (χ0n) is 9.78. The van der Waals surface area contributed by atoms with Crippen molar-refractivity contribution in [3.8, 4) is 0 Å². The van der Waals surface area contributed by atoms with Gasteiger partial charge in [0.2, 0.25) is 10.0 Å². The summed E-state index contributed by atoms with van der Waals surface area (Å²) in [7, 11) is -3.61. The van der Waals surface area contributed by atoms with Crippen molar-refractivity contribution in [3.63, 3.8) is 0 Å². The topological polar surface area (TPSA) is 89.6 Å². The molecule has 0 spiro atoms. The van der Waals surface area contributed by atoms with E-state index in [-0.39, 0.29) is 18.6 Å². The molecule has 3 N–H and O–H groups in total. The van der Waals surface area contributed by atoms with Gasteiger partial charge in [0.25, 0.3) is 0 Å². The van der Waals surface area contributed by atoms with Crippen molar-refractivity contribution < 1.29 is 18.3 Å². The molecule has 0 aliphatic rings. The molecule has 15 heavy (non-hydrogen) atoms. The Balaban J connectivity index is 4.19. The Bertz CT molecular complexity index is 295. The third kappa shape index (κ3) is 4.92. The van der Waals surface area contributed by atoms with E-state index in [0.717, 1.165) is 0 Å². The molecule has 92 valence electrons. The number of hydrogen-bond acceptors (Lipinski definition) is 4. The molecule has 5 nitrogen and oxygen atoms in total. The Hall–Kier alpha value is -0.170. The fourth-order valence-corrected chi connectivity index (χ4v) is 0.948. The van der Waals surface area contributed by atoms with E-state index in [1.54, 1.807) is 0 Å². The van der Waals surface area contributed by atoms with Gasteiger partial charge in [-0.3, -0.25) is 0 Å². The molecule has 0 unspecified atom stereocenters. The largest absolute Gasteiger partial charge is 0.396 e. The predicted octanol–water partition coefficient (Wildman–Crippen LogP) is 0.0886. The van der Waals surface area contributed by atoms with Crippen LogP contribution in [0.25, 0.3) is 0 Å². The lowest BCUT2D eigenvalue weighted by atomic mass is 9.96. The molecule has 0 heterocycles. The van der Waals surface area contributed by atoms with E-state index < -0.39 is 14.8 Å².